The molecule has 34 heavy (non-hydrogen) atoms. The number of nitrogens with one attached hydrogen (secondary N) is 1. The first-order chi connectivity index (χ1) is 16.5. The fourth-order valence-electron chi connectivity index (χ4n) is 3.98. The first-order valence-electron chi connectivity index (χ1n) is 10.9. The van der Waals surface area contributed by atoms with Crippen LogP contribution in [-0.2, 0) is 0 Å². The highest BCUT2D eigenvalue weighted by molar-refractivity contribution is 5.87. The van der Waals surface area contributed by atoms with Crippen molar-refractivity contribution < 1.29 is 19.0 Å². The second kappa shape index (κ2) is 9.30. The molecule has 3 heterocycles. The fourth-order valence-corrected chi connectivity index (χ4v) is 3.98. The van der Waals surface area contributed by atoms with E-state index in [1.54, 1.807) is 24.5 Å². The summed E-state index contributed by atoms with van der Waals surface area (Å²) >= 11 is 0. The molecule has 4 aromatic rings. The minimum atomic E-state index is -0.909. The highest BCUT2D eigenvalue weighted by Gasteiger charge is 2.24. The van der Waals surface area contributed by atoms with Gasteiger partial charge in [-0.15, -0.1) is 0 Å². The van der Waals surface area contributed by atoms with Gasteiger partial charge in [0.05, 0.1) is 11.2 Å². The molecule has 1 aliphatic rings. The summed E-state index contributed by atoms with van der Waals surface area (Å²) in [5.74, 6) is 0.607. The van der Waals surface area contributed by atoms with Crippen molar-refractivity contribution in [3.63, 3.8) is 0 Å². The Morgan fingerprint density at radius 1 is 1.09 bits per heavy atom. The van der Waals surface area contributed by atoms with Crippen LogP contribution in [0.5, 0.6) is 5.75 Å². The maximum Gasteiger partial charge on any atom is 0.407 e. The quantitative estimate of drug-likeness (QED) is 0.428. The van der Waals surface area contributed by atoms with Crippen LogP contribution in [0.15, 0.2) is 67.0 Å². The zero-order valence-electron chi connectivity index (χ0n) is 18.2. The Balaban J connectivity index is 1.48. The molecule has 0 saturated carbocycles. The van der Waals surface area contributed by atoms with Gasteiger partial charge in [-0.05, 0) is 36.4 Å². The van der Waals surface area contributed by atoms with Crippen LogP contribution in [0.1, 0.15) is 12.8 Å². The molecular formula is C25H22FN5O3. The fraction of sp³-hybridized carbons (Fsp3) is 0.200. The van der Waals surface area contributed by atoms with Gasteiger partial charge < -0.3 is 20.1 Å². The number of fused-ring (bicyclic) bond motifs is 1. The summed E-state index contributed by atoms with van der Waals surface area (Å²) in [5, 5.41) is 13.0. The number of halogens is 1. The molecule has 2 aromatic heterocycles. The summed E-state index contributed by atoms with van der Waals surface area (Å²) in [6.45, 7) is 0.854. The maximum atomic E-state index is 13.5. The first-order valence-corrected chi connectivity index (χ1v) is 10.9. The maximum absolute atomic E-state index is 13.5. The average Bonchev–Trinajstić information content (AvgIpc) is 2.84. The van der Waals surface area contributed by atoms with Crippen LogP contribution in [0.2, 0.25) is 0 Å². The molecule has 172 valence electrons. The van der Waals surface area contributed by atoms with E-state index in [-0.39, 0.29) is 11.9 Å². The Labute approximate surface area is 195 Å². The molecule has 5 rings (SSSR count). The number of anilines is 2. The summed E-state index contributed by atoms with van der Waals surface area (Å²) in [7, 11) is 0. The zero-order valence-corrected chi connectivity index (χ0v) is 18.2. The largest absolute Gasteiger partial charge is 0.490 e. The van der Waals surface area contributed by atoms with E-state index >= 15 is 0 Å². The number of nitrogens with zero attached hydrogens (tertiary/aromatic N) is 4. The Hall–Kier alpha value is -4.27. The Morgan fingerprint density at radius 3 is 2.68 bits per heavy atom. The predicted molar refractivity (Wildman–Crippen MR) is 126 cm³/mol. The molecule has 0 spiro atoms. The third kappa shape index (κ3) is 4.73. The van der Waals surface area contributed by atoms with Gasteiger partial charge in [-0.1, -0.05) is 12.1 Å². The lowest BCUT2D eigenvalue weighted by Crippen LogP contribution is -2.41. The molecule has 1 aliphatic heterocycles. The van der Waals surface area contributed by atoms with E-state index < -0.39 is 6.09 Å². The minimum Gasteiger partial charge on any atom is -0.490 e. The van der Waals surface area contributed by atoms with E-state index in [0.717, 1.165) is 16.6 Å². The van der Waals surface area contributed by atoms with Crippen molar-refractivity contribution in [1.29, 1.82) is 0 Å². The number of ether oxygens (including phenoxy) is 1. The Kier molecular flexibility index (Phi) is 5.90. The van der Waals surface area contributed by atoms with Crippen LogP contribution in [0.3, 0.4) is 0 Å². The van der Waals surface area contributed by atoms with E-state index in [0.29, 0.717) is 48.8 Å². The van der Waals surface area contributed by atoms with Crippen molar-refractivity contribution in [3.05, 3.63) is 72.8 Å². The normalized spacial score (nSPS) is 14.2. The van der Waals surface area contributed by atoms with Crippen molar-refractivity contribution in [1.82, 2.24) is 19.9 Å². The number of piperidine rings is 1. The molecular weight excluding hydrogens is 437 g/mol. The second-order valence-electron chi connectivity index (χ2n) is 8.04. The third-order valence-electron chi connectivity index (χ3n) is 5.71. The van der Waals surface area contributed by atoms with Crippen molar-refractivity contribution in [2.24, 2.45) is 0 Å². The van der Waals surface area contributed by atoms with Gasteiger partial charge in [-0.3, -0.25) is 4.98 Å². The van der Waals surface area contributed by atoms with Crippen LogP contribution in [0.4, 0.5) is 20.8 Å². The summed E-state index contributed by atoms with van der Waals surface area (Å²) in [6, 6.07) is 15.5. The molecule has 0 unspecified atom stereocenters. The number of amides is 1. The van der Waals surface area contributed by atoms with Crippen LogP contribution in [-0.4, -0.2) is 50.2 Å². The number of likely N-dealkylation sites (tertiary alicyclic amines) is 1. The molecule has 9 heteroatoms. The van der Waals surface area contributed by atoms with Crippen molar-refractivity contribution in [3.8, 4) is 17.0 Å². The zero-order chi connectivity index (χ0) is 23.5. The standard InChI is InChI=1S/C25H22FN5O3/c26-17-4-3-5-18(13-17)29-24-28-15-16-12-20(21-6-1-2-9-27-21)23(14-22(16)30-24)34-19-7-10-31(11-8-19)25(32)33/h1-6,9,12-15,19H,7-8,10-11H2,(H,32,33)(H,28,29,30). The number of benzene rings is 2. The second-order valence-corrected chi connectivity index (χ2v) is 8.04. The number of aromatic nitrogens is 3. The Morgan fingerprint density at radius 2 is 1.94 bits per heavy atom. The van der Waals surface area contributed by atoms with Gasteiger partial charge in [-0.25, -0.2) is 19.2 Å². The number of carboxylic acid groups (broad SMARTS) is 1. The van der Waals surface area contributed by atoms with Gasteiger partial charge in [-0.2, -0.15) is 0 Å². The van der Waals surface area contributed by atoms with Crippen LogP contribution in [0, 0.1) is 5.82 Å². The average molecular weight is 459 g/mol. The number of hydrogen-bond acceptors (Lipinski definition) is 6. The van der Waals surface area contributed by atoms with Gasteiger partial charge in [0.1, 0.15) is 17.7 Å². The first kappa shape index (κ1) is 21.6. The molecule has 8 nitrogen and oxygen atoms in total. The van der Waals surface area contributed by atoms with Gasteiger partial charge in [0, 0.05) is 61.0 Å². The predicted octanol–water partition coefficient (Wildman–Crippen LogP) is 5.10. The molecule has 1 amide bonds. The molecule has 1 saturated heterocycles. The van der Waals surface area contributed by atoms with Crippen molar-refractivity contribution in [2.75, 3.05) is 18.4 Å². The lowest BCUT2D eigenvalue weighted by Gasteiger charge is -2.30. The summed E-state index contributed by atoms with van der Waals surface area (Å²) in [4.78, 5) is 26.1. The van der Waals surface area contributed by atoms with Crippen LogP contribution in [0.25, 0.3) is 22.2 Å². The van der Waals surface area contributed by atoms with Gasteiger partial charge in [0.15, 0.2) is 0 Å². The van der Waals surface area contributed by atoms with E-state index in [4.69, 9.17) is 4.74 Å². The van der Waals surface area contributed by atoms with Gasteiger partial charge >= 0.3 is 6.09 Å². The number of rotatable bonds is 5. The monoisotopic (exact) mass is 459 g/mol. The summed E-state index contributed by atoms with van der Waals surface area (Å²) < 4.78 is 19.9. The number of pyridine rings is 1. The molecule has 0 atom stereocenters. The van der Waals surface area contributed by atoms with E-state index in [9.17, 15) is 14.3 Å². The lowest BCUT2D eigenvalue weighted by molar-refractivity contribution is 0.0898. The number of hydrogen-bond donors (Lipinski definition) is 2. The molecule has 1 fully saturated rings. The summed E-state index contributed by atoms with van der Waals surface area (Å²) in [6.07, 6.45) is 3.59. The highest BCUT2D eigenvalue weighted by Crippen LogP contribution is 2.34. The highest BCUT2D eigenvalue weighted by atomic mass is 19.1. The summed E-state index contributed by atoms with van der Waals surface area (Å²) in [5.41, 5.74) is 2.77. The van der Waals surface area contributed by atoms with E-state index in [1.807, 2.05) is 30.3 Å². The van der Waals surface area contributed by atoms with Crippen molar-refractivity contribution >= 4 is 28.6 Å². The smallest absolute Gasteiger partial charge is 0.407 e. The lowest BCUT2D eigenvalue weighted by atomic mass is 10.1. The number of carbonyl (C=O) groups is 1. The van der Waals surface area contributed by atoms with E-state index in [2.05, 4.69) is 20.3 Å². The van der Waals surface area contributed by atoms with Crippen molar-refractivity contribution in [2.45, 2.75) is 18.9 Å². The molecule has 0 aliphatic carbocycles. The van der Waals surface area contributed by atoms with Crippen LogP contribution < -0.4 is 10.1 Å². The third-order valence-corrected chi connectivity index (χ3v) is 5.71. The van der Waals surface area contributed by atoms with Crippen LogP contribution >= 0.6 is 0 Å². The van der Waals surface area contributed by atoms with Gasteiger partial charge in [0.2, 0.25) is 5.95 Å². The Bertz CT molecular complexity index is 1330. The van der Waals surface area contributed by atoms with Gasteiger partial charge in [0.25, 0.3) is 0 Å². The molecule has 0 bridgehead atoms. The molecule has 2 aromatic carbocycles. The van der Waals surface area contributed by atoms with E-state index in [1.165, 1.54) is 17.0 Å². The SMILES string of the molecule is O=C(O)N1CCC(Oc2cc3nc(Nc4cccc(F)c4)ncc3cc2-c2ccccn2)CC1. The minimum absolute atomic E-state index is 0.123. The molecule has 0 radical (unpaired) electrons. The molecule has 2 N–H and O–H groups in total. The topological polar surface area (TPSA) is 100 Å².